The Balaban J connectivity index is 1.55. The number of amides is 1. The Bertz CT molecular complexity index is 1270. The molecule has 4 atom stereocenters. The Hall–Kier alpha value is -4.29. The summed E-state index contributed by atoms with van der Waals surface area (Å²) in [6.07, 6.45) is -5.73. The van der Waals surface area contributed by atoms with Gasteiger partial charge in [0.25, 0.3) is 0 Å². The first kappa shape index (κ1) is 25.8. The number of halogens is 2. The van der Waals surface area contributed by atoms with Crippen LogP contribution in [0.4, 0.5) is 21.7 Å². The minimum atomic E-state index is -1.95. The van der Waals surface area contributed by atoms with E-state index in [4.69, 9.17) is 31.5 Å². The fourth-order valence-corrected chi connectivity index (χ4v) is 3.75. The molecular weight excluding hydrogens is 509 g/mol. The Morgan fingerprint density at radius 1 is 1.05 bits per heavy atom. The number of carbonyl (C=O) groups excluding carboxylic acids is 3. The van der Waals surface area contributed by atoms with Gasteiger partial charge in [0.1, 0.15) is 18.4 Å². The number of nitrogen functional groups attached to an aromatic ring is 1. The van der Waals surface area contributed by atoms with E-state index >= 15 is 4.39 Å². The first-order valence-corrected chi connectivity index (χ1v) is 11.3. The van der Waals surface area contributed by atoms with Gasteiger partial charge in [0.15, 0.2) is 30.1 Å². The number of carbonyl (C=O) groups is 3. The average molecular weight is 530 g/mol. The number of anilines is 3. The minimum absolute atomic E-state index is 0.0630. The molecule has 1 aliphatic rings. The first-order chi connectivity index (χ1) is 17.9. The van der Waals surface area contributed by atoms with Gasteiger partial charge in [-0.15, -0.1) is 0 Å². The Morgan fingerprint density at radius 2 is 1.68 bits per heavy atom. The second-order valence-corrected chi connectivity index (χ2v) is 8.09. The van der Waals surface area contributed by atoms with Crippen molar-refractivity contribution in [2.24, 2.45) is 0 Å². The van der Waals surface area contributed by atoms with Crippen molar-refractivity contribution in [3.05, 3.63) is 77.1 Å². The highest BCUT2D eigenvalue weighted by Crippen LogP contribution is 2.33. The Kier molecular flexibility index (Phi) is 8.11. The Labute approximate surface area is 215 Å². The molecule has 3 aromatic rings. The zero-order valence-electron chi connectivity index (χ0n) is 19.0. The lowest BCUT2D eigenvalue weighted by molar-refractivity contribution is -0.105. The van der Waals surface area contributed by atoms with Gasteiger partial charge in [-0.05, 0) is 35.9 Å². The zero-order chi connectivity index (χ0) is 26.4. The molecule has 1 saturated heterocycles. The maximum atomic E-state index is 15.6. The molecule has 0 unspecified atom stereocenters. The normalized spacial score (nSPS) is 20.6. The minimum Gasteiger partial charge on any atom is -0.459 e. The quantitative estimate of drug-likeness (QED) is 0.214. The van der Waals surface area contributed by atoms with Crippen molar-refractivity contribution in [3.63, 3.8) is 0 Å². The lowest BCUT2D eigenvalue weighted by Crippen LogP contribution is -2.38. The highest BCUT2D eigenvalue weighted by Gasteiger charge is 2.49. The van der Waals surface area contributed by atoms with E-state index in [1.807, 2.05) is 0 Å². The van der Waals surface area contributed by atoms with Gasteiger partial charge in [0.2, 0.25) is 11.7 Å². The van der Waals surface area contributed by atoms with E-state index in [1.54, 1.807) is 48.5 Å². The third-order valence-electron chi connectivity index (χ3n) is 5.32. The summed E-state index contributed by atoms with van der Waals surface area (Å²) in [5.74, 6) is -1.78. The van der Waals surface area contributed by atoms with Crippen molar-refractivity contribution in [1.82, 2.24) is 9.97 Å². The van der Waals surface area contributed by atoms with Crippen LogP contribution in [-0.4, -0.2) is 59.5 Å². The molecule has 192 valence electrons. The van der Waals surface area contributed by atoms with Crippen LogP contribution in [0.5, 0.6) is 0 Å². The molecule has 1 amide bonds. The third-order valence-corrected chi connectivity index (χ3v) is 5.49. The molecule has 37 heavy (non-hydrogen) atoms. The van der Waals surface area contributed by atoms with Crippen molar-refractivity contribution < 1.29 is 33.0 Å². The van der Waals surface area contributed by atoms with Crippen LogP contribution in [-0.2, 0) is 19.0 Å². The van der Waals surface area contributed by atoms with Crippen LogP contribution < -0.4 is 16.4 Å². The van der Waals surface area contributed by atoms with Crippen molar-refractivity contribution in [2.75, 3.05) is 23.0 Å². The van der Waals surface area contributed by atoms with E-state index in [0.29, 0.717) is 6.41 Å². The summed E-state index contributed by atoms with van der Waals surface area (Å²) in [5.41, 5.74) is 6.19. The van der Waals surface area contributed by atoms with Crippen LogP contribution >= 0.6 is 11.6 Å². The summed E-state index contributed by atoms with van der Waals surface area (Å²) in [6.45, 7) is -0.425. The number of esters is 2. The molecule has 4 N–H and O–H groups in total. The number of nitrogens with zero attached hydrogens (tertiary/aromatic N) is 2. The number of nitrogens with one attached hydrogen (secondary N) is 2. The van der Waals surface area contributed by atoms with Gasteiger partial charge in [-0.3, -0.25) is 4.79 Å². The van der Waals surface area contributed by atoms with Crippen molar-refractivity contribution >= 4 is 47.3 Å². The number of ether oxygens (including phenoxy) is 3. The van der Waals surface area contributed by atoms with Crippen LogP contribution in [0, 0.1) is 0 Å². The summed E-state index contributed by atoms with van der Waals surface area (Å²) in [6, 6.07) is 16.1. The van der Waals surface area contributed by atoms with Crippen molar-refractivity contribution in [3.8, 4) is 0 Å². The van der Waals surface area contributed by atoms with Gasteiger partial charge in [-0.2, -0.15) is 9.97 Å². The number of hydrogen-bond donors (Lipinski definition) is 3. The second-order valence-electron chi connectivity index (χ2n) is 7.75. The summed E-state index contributed by atoms with van der Waals surface area (Å²) < 4.78 is 32.1. The molecule has 1 fully saturated rings. The molecule has 2 heterocycles. The molecule has 0 saturated carbocycles. The number of aromatic nitrogens is 2. The lowest BCUT2D eigenvalue weighted by Gasteiger charge is -2.20. The summed E-state index contributed by atoms with van der Waals surface area (Å²) in [5, 5.41) is 4.69. The summed E-state index contributed by atoms with van der Waals surface area (Å²) in [7, 11) is 0. The monoisotopic (exact) mass is 529 g/mol. The standard InChI is InChI=1S/C24H21ClFN5O6/c25-24-29-19(27)17(28-12-32)20(31-24)30-21-16(26)18(37-23(34)14-9-5-2-6-10-14)15(36-21)11-35-22(33)13-7-3-1-4-8-13/h1-10,12,15-16,18,21H,11H2,(H,28,32)(H3,27,29,30,31)/t15-,16+,18-,21-/m1/s1. The van der Waals surface area contributed by atoms with E-state index in [1.165, 1.54) is 12.1 Å². The second kappa shape index (κ2) is 11.6. The van der Waals surface area contributed by atoms with Gasteiger partial charge in [0, 0.05) is 0 Å². The van der Waals surface area contributed by atoms with Crippen LogP contribution in [0.15, 0.2) is 60.7 Å². The lowest BCUT2D eigenvalue weighted by atomic mass is 10.1. The van der Waals surface area contributed by atoms with Gasteiger partial charge < -0.3 is 30.6 Å². The molecule has 0 spiro atoms. The number of rotatable bonds is 9. The molecule has 0 aliphatic carbocycles. The molecular formula is C24H21ClFN5O6. The number of hydrogen-bond acceptors (Lipinski definition) is 10. The van der Waals surface area contributed by atoms with E-state index < -0.39 is 43.2 Å². The SMILES string of the molecule is Nc1nc(Cl)nc(N[C@@H]2O[C@H](COC(=O)c3ccccc3)[C@@H](OC(=O)c3ccccc3)[C@@H]2F)c1NC=O. The fraction of sp³-hybridized carbons (Fsp3) is 0.208. The van der Waals surface area contributed by atoms with E-state index in [2.05, 4.69) is 20.6 Å². The zero-order valence-corrected chi connectivity index (χ0v) is 19.8. The average Bonchev–Trinajstić information content (AvgIpc) is 3.19. The van der Waals surface area contributed by atoms with Gasteiger partial charge in [-0.1, -0.05) is 36.4 Å². The smallest absolute Gasteiger partial charge is 0.338 e. The molecule has 4 rings (SSSR count). The predicted octanol–water partition coefficient (Wildman–Crippen LogP) is 2.84. The van der Waals surface area contributed by atoms with Gasteiger partial charge >= 0.3 is 11.9 Å². The molecule has 0 bridgehead atoms. The Morgan fingerprint density at radius 3 is 2.30 bits per heavy atom. The van der Waals surface area contributed by atoms with Crippen LogP contribution in [0.2, 0.25) is 5.28 Å². The highest BCUT2D eigenvalue weighted by molar-refractivity contribution is 6.28. The maximum Gasteiger partial charge on any atom is 0.338 e. The number of benzene rings is 2. The van der Waals surface area contributed by atoms with E-state index in [0.717, 1.165) is 0 Å². The van der Waals surface area contributed by atoms with Gasteiger partial charge in [0.05, 0.1) is 11.1 Å². The van der Waals surface area contributed by atoms with Crippen molar-refractivity contribution in [1.29, 1.82) is 0 Å². The largest absolute Gasteiger partial charge is 0.459 e. The van der Waals surface area contributed by atoms with Crippen LogP contribution in [0.1, 0.15) is 20.7 Å². The topological polar surface area (TPSA) is 155 Å². The number of nitrogens with two attached hydrogens (primary N) is 1. The molecule has 1 aliphatic heterocycles. The van der Waals surface area contributed by atoms with E-state index in [-0.39, 0.29) is 33.7 Å². The molecule has 13 heteroatoms. The molecule has 11 nitrogen and oxygen atoms in total. The summed E-state index contributed by atoms with van der Waals surface area (Å²) >= 11 is 5.86. The van der Waals surface area contributed by atoms with Gasteiger partial charge in [-0.25, -0.2) is 14.0 Å². The van der Waals surface area contributed by atoms with Crippen molar-refractivity contribution in [2.45, 2.75) is 24.6 Å². The van der Waals surface area contributed by atoms with Crippen LogP contribution in [0.25, 0.3) is 0 Å². The van der Waals surface area contributed by atoms with Crippen LogP contribution in [0.3, 0.4) is 0 Å². The first-order valence-electron chi connectivity index (χ1n) is 10.9. The fourth-order valence-electron chi connectivity index (χ4n) is 3.58. The third kappa shape index (κ3) is 6.11. The molecule has 0 radical (unpaired) electrons. The number of alkyl halides is 1. The predicted molar refractivity (Wildman–Crippen MR) is 131 cm³/mol. The molecule has 2 aromatic carbocycles. The summed E-state index contributed by atoms with van der Waals surface area (Å²) in [4.78, 5) is 43.7. The highest BCUT2D eigenvalue weighted by atomic mass is 35.5. The molecule has 1 aromatic heterocycles. The van der Waals surface area contributed by atoms with E-state index in [9.17, 15) is 14.4 Å². The maximum absolute atomic E-state index is 15.6.